The van der Waals surface area contributed by atoms with Crippen molar-refractivity contribution in [2.75, 3.05) is 32.5 Å². The molecule has 152 valence electrons. The molecule has 1 heterocycles. The molecular formula is C26H27NO2P+. The van der Waals surface area contributed by atoms with Crippen molar-refractivity contribution < 1.29 is 9.53 Å². The Bertz CT molecular complexity index is 887. The van der Waals surface area contributed by atoms with Crippen LogP contribution in [0.15, 0.2) is 103 Å². The van der Waals surface area contributed by atoms with Gasteiger partial charge in [-0.1, -0.05) is 61.2 Å². The van der Waals surface area contributed by atoms with E-state index in [0.29, 0.717) is 38.0 Å². The molecule has 0 aliphatic carbocycles. The molecule has 3 aromatic carbocycles. The number of morpholine rings is 1. The number of carbonyl (C=O) groups excluding carboxylic acids is 1. The second-order valence-electron chi connectivity index (χ2n) is 7.48. The van der Waals surface area contributed by atoms with E-state index in [1.54, 1.807) is 0 Å². The van der Waals surface area contributed by atoms with E-state index in [0.717, 1.165) is 0 Å². The Morgan fingerprint density at radius 2 is 1.17 bits per heavy atom. The van der Waals surface area contributed by atoms with Gasteiger partial charge in [-0.3, -0.25) is 4.79 Å². The van der Waals surface area contributed by atoms with Gasteiger partial charge < -0.3 is 9.64 Å². The first kappa shape index (κ1) is 20.5. The Hall–Kier alpha value is -2.74. The van der Waals surface area contributed by atoms with E-state index in [1.165, 1.54) is 15.9 Å². The third-order valence-corrected chi connectivity index (χ3v) is 10.0. The molecule has 1 aliphatic heterocycles. The van der Waals surface area contributed by atoms with Crippen LogP contribution in [0, 0.1) is 0 Å². The van der Waals surface area contributed by atoms with E-state index in [9.17, 15) is 4.79 Å². The van der Waals surface area contributed by atoms with Gasteiger partial charge in [-0.15, -0.1) is 0 Å². The molecule has 1 saturated heterocycles. The molecular weight excluding hydrogens is 389 g/mol. The maximum atomic E-state index is 13.3. The summed E-state index contributed by atoms with van der Waals surface area (Å²) in [5, 5.41) is 3.79. The Balaban J connectivity index is 1.82. The largest absolute Gasteiger partial charge is 0.378 e. The van der Waals surface area contributed by atoms with Gasteiger partial charge in [0.15, 0.2) is 0 Å². The van der Waals surface area contributed by atoms with Crippen molar-refractivity contribution in [2.24, 2.45) is 0 Å². The zero-order chi connectivity index (χ0) is 20.8. The first-order valence-electron chi connectivity index (χ1n) is 10.3. The fourth-order valence-electron chi connectivity index (χ4n) is 4.11. The highest BCUT2D eigenvalue weighted by Crippen LogP contribution is 2.56. The van der Waals surface area contributed by atoms with E-state index in [-0.39, 0.29) is 5.91 Å². The number of nitrogens with zero attached hydrogens (tertiary/aromatic N) is 1. The third kappa shape index (κ3) is 4.09. The van der Waals surface area contributed by atoms with Crippen LogP contribution in [0.3, 0.4) is 0 Å². The lowest BCUT2D eigenvalue weighted by Gasteiger charge is -2.31. The minimum absolute atomic E-state index is 0.0467. The van der Waals surface area contributed by atoms with Crippen molar-refractivity contribution in [1.29, 1.82) is 0 Å². The molecule has 1 fully saturated rings. The molecule has 3 nitrogen and oxygen atoms in total. The molecule has 0 unspecified atom stereocenters. The molecule has 0 N–H and O–H groups in total. The van der Waals surface area contributed by atoms with Crippen LogP contribution in [0.25, 0.3) is 0 Å². The maximum absolute atomic E-state index is 13.3. The zero-order valence-electron chi connectivity index (χ0n) is 17.1. The van der Waals surface area contributed by atoms with Gasteiger partial charge in [0.1, 0.15) is 29.3 Å². The molecule has 4 rings (SSSR count). The fraction of sp³-hybridized carbons (Fsp3) is 0.192. The van der Waals surface area contributed by atoms with Crippen LogP contribution < -0.4 is 15.9 Å². The summed E-state index contributed by atoms with van der Waals surface area (Å²) in [4.78, 5) is 15.1. The fourth-order valence-corrected chi connectivity index (χ4v) is 8.31. The van der Waals surface area contributed by atoms with Crippen molar-refractivity contribution >= 4 is 29.1 Å². The lowest BCUT2D eigenvalue weighted by Crippen LogP contribution is -2.43. The van der Waals surface area contributed by atoms with E-state index < -0.39 is 7.26 Å². The second kappa shape index (κ2) is 9.38. The average Bonchev–Trinajstić information content (AvgIpc) is 2.84. The molecule has 0 radical (unpaired) electrons. The molecule has 0 bridgehead atoms. The van der Waals surface area contributed by atoms with Crippen molar-refractivity contribution in [3.8, 4) is 0 Å². The number of benzene rings is 3. The second-order valence-corrected chi connectivity index (χ2v) is 11.0. The molecule has 30 heavy (non-hydrogen) atoms. The van der Waals surface area contributed by atoms with Crippen LogP contribution in [0.5, 0.6) is 0 Å². The van der Waals surface area contributed by atoms with Gasteiger partial charge in [0.2, 0.25) is 0 Å². The topological polar surface area (TPSA) is 29.5 Å². The van der Waals surface area contributed by atoms with Crippen LogP contribution in [0.2, 0.25) is 0 Å². The summed E-state index contributed by atoms with van der Waals surface area (Å²) in [5.41, 5.74) is 0.668. The normalized spacial score (nSPS) is 14.3. The van der Waals surface area contributed by atoms with Crippen molar-refractivity contribution in [3.63, 3.8) is 0 Å². The van der Waals surface area contributed by atoms with E-state index in [1.807, 2.05) is 23.1 Å². The van der Waals surface area contributed by atoms with Crippen LogP contribution in [0.4, 0.5) is 0 Å². The van der Waals surface area contributed by atoms with Gasteiger partial charge in [0, 0.05) is 18.7 Å². The Labute approximate surface area is 179 Å². The maximum Gasteiger partial charge on any atom is 0.253 e. The summed E-state index contributed by atoms with van der Waals surface area (Å²) in [5.74, 6) is 0.0467. The van der Waals surface area contributed by atoms with Gasteiger partial charge in [-0.25, -0.2) is 0 Å². The molecule has 4 heteroatoms. The molecule has 3 aromatic rings. The summed E-state index contributed by atoms with van der Waals surface area (Å²) in [6.07, 6.45) is 0.626. The first-order valence-corrected chi connectivity index (χ1v) is 12.3. The third-order valence-electron chi connectivity index (χ3n) is 5.62. The molecule has 1 aliphatic rings. The molecule has 0 saturated carbocycles. The van der Waals surface area contributed by atoms with Crippen LogP contribution >= 0.6 is 7.26 Å². The number of hydrogen-bond donors (Lipinski definition) is 0. The van der Waals surface area contributed by atoms with Crippen molar-refractivity contribution in [3.05, 3.63) is 103 Å². The number of rotatable bonds is 6. The minimum Gasteiger partial charge on any atom is -0.378 e. The lowest BCUT2D eigenvalue weighted by atomic mass is 10.3. The summed E-state index contributed by atoms with van der Waals surface area (Å²) in [7, 11) is -2.09. The van der Waals surface area contributed by atoms with Crippen LogP contribution in [-0.4, -0.2) is 43.3 Å². The van der Waals surface area contributed by atoms with Crippen LogP contribution in [-0.2, 0) is 9.53 Å². The smallest absolute Gasteiger partial charge is 0.253 e. The van der Waals surface area contributed by atoms with E-state index in [4.69, 9.17) is 4.74 Å². The lowest BCUT2D eigenvalue weighted by molar-refractivity contribution is -0.130. The van der Waals surface area contributed by atoms with E-state index in [2.05, 4.69) is 79.4 Å². The van der Waals surface area contributed by atoms with E-state index >= 15 is 0 Å². The highest BCUT2D eigenvalue weighted by molar-refractivity contribution is 7.95. The molecule has 0 atom stereocenters. The first-order chi connectivity index (χ1) is 14.7. The molecule has 0 spiro atoms. The highest BCUT2D eigenvalue weighted by Gasteiger charge is 2.46. The van der Waals surface area contributed by atoms with Crippen molar-refractivity contribution in [1.82, 2.24) is 4.90 Å². The molecule has 0 aromatic heterocycles. The summed E-state index contributed by atoms with van der Waals surface area (Å²) < 4.78 is 5.42. The summed E-state index contributed by atoms with van der Waals surface area (Å²) in [6.45, 7) is 6.73. The van der Waals surface area contributed by atoms with Gasteiger partial charge >= 0.3 is 0 Å². The van der Waals surface area contributed by atoms with Gasteiger partial charge in [-0.2, -0.15) is 0 Å². The summed E-state index contributed by atoms with van der Waals surface area (Å²) in [6, 6.07) is 31.8. The van der Waals surface area contributed by atoms with Crippen LogP contribution in [0.1, 0.15) is 0 Å². The van der Waals surface area contributed by atoms with Gasteiger partial charge in [-0.05, 0) is 36.4 Å². The monoisotopic (exact) mass is 416 g/mol. The number of carbonyl (C=O) groups is 1. The number of hydrogen-bond acceptors (Lipinski definition) is 2. The highest BCUT2D eigenvalue weighted by atomic mass is 31.2. The predicted molar refractivity (Wildman–Crippen MR) is 127 cm³/mol. The zero-order valence-corrected chi connectivity index (χ0v) is 18.0. The quantitative estimate of drug-likeness (QED) is 0.455. The predicted octanol–water partition coefficient (Wildman–Crippen LogP) is 3.40. The van der Waals surface area contributed by atoms with Gasteiger partial charge in [0.05, 0.1) is 13.2 Å². The Morgan fingerprint density at radius 3 is 1.57 bits per heavy atom. The van der Waals surface area contributed by atoms with Crippen molar-refractivity contribution in [2.45, 2.75) is 0 Å². The van der Waals surface area contributed by atoms with Gasteiger partial charge in [0.25, 0.3) is 5.91 Å². The minimum atomic E-state index is -2.09. The Morgan fingerprint density at radius 1 is 0.767 bits per heavy atom. The Kier molecular flexibility index (Phi) is 6.42. The summed E-state index contributed by atoms with van der Waals surface area (Å²) >= 11 is 0. The SMILES string of the molecule is C=C(C[P+](c1ccccc1)(c1ccccc1)c1ccccc1)C(=O)N1CCOCC1. The average molecular weight is 416 g/mol. The molecule has 1 amide bonds. The number of ether oxygens (including phenoxy) is 1. The standard InChI is InChI=1S/C26H27NO2P/c1-22(26(28)27-17-19-29-20-18-27)21-30(23-11-5-2-6-12-23,24-13-7-3-8-14-24)25-15-9-4-10-16-25/h2-16H,1,17-21H2/q+1. The number of amides is 1.